The summed E-state index contributed by atoms with van der Waals surface area (Å²) in [5, 5.41) is 13.5. The highest BCUT2D eigenvalue weighted by atomic mass is 32.2. The Balaban J connectivity index is 1.22. The van der Waals surface area contributed by atoms with E-state index in [4.69, 9.17) is 0 Å². The molecule has 2 aromatic rings. The molecular formula is C22H27N3O2S. The molecule has 148 valence electrons. The van der Waals surface area contributed by atoms with Crippen molar-refractivity contribution >= 4 is 29.0 Å². The van der Waals surface area contributed by atoms with E-state index in [1.54, 1.807) is 11.8 Å². The zero-order valence-corrected chi connectivity index (χ0v) is 16.8. The molecule has 0 aliphatic carbocycles. The number of aliphatic hydroxyl groups is 1. The predicted octanol–water partition coefficient (Wildman–Crippen LogP) is 3.37. The second kappa shape index (κ2) is 8.99. The lowest BCUT2D eigenvalue weighted by Crippen LogP contribution is -2.46. The number of anilines is 2. The van der Waals surface area contributed by atoms with Gasteiger partial charge in [0, 0.05) is 36.8 Å². The smallest absolute Gasteiger partial charge is 0.234 e. The maximum Gasteiger partial charge on any atom is 0.234 e. The van der Waals surface area contributed by atoms with Crippen LogP contribution in [-0.4, -0.2) is 54.4 Å². The van der Waals surface area contributed by atoms with Crippen LogP contribution in [0.5, 0.6) is 0 Å². The molecule has 4 rings (SSSR count). The Morgan fingerprint density at radius 3 is 2.64 bits per heavy atom. The van der Waals surface area contributed by atoms with Crippen LogP contribution in [0.2, 0.25) is 0 Å². The summed E-state index contributed by atoms with van der Waals surface area (Å²) < 4.78 is 0. The number of hydrogen-bond acceptors (Lipinski definition) is 5. The Labute approximate surface area is 170 Å². The molecule has 1 fully saturated rings. The van der Waals surface area contributed by atoms with Gasteiger partial charge in [0.05, 0.1) is 17.5 Å². The number of hydrogen-bond donors (Lipinski definition) is 2. The fraction of sp³-hybridized carbons (Fsp3) is 0.409. The maximum atomic E-state index is 11.6. The lowest BCUT2D eigenvalue weighted by molar-refractivity contribution is -0.113. The summed E-state index contributed by atoms with van der Waals surface area (Å²) >= 11 is 1.55. The van der Waals surface area contributed by atoms with Gasteiger partial charge in [-0.1, -0.05) is 24.3 Å². The van der Waals surface area contributed by atoms with E-state index in [1.165, 1.54) is 5.69 Å². The van der Waals surface area contributed by atoms with Gasteiger partial charge in [0.15, 0.2) is 0 Å². The third kappa shape index (κ3) is 4.69. The second-order valence-electron chi connectivity index (χ2n) is 7.41. The van der Waals surface area contributed by atoms with E-state index < -0.39 is 6.10 Å². The van der Waals surface area contributed by atoms with Crippen LogP contribution >= 0.6 is 11.8 Å². The molecule has 0 spiro atoms. The van der Waals surface area contributed by atoms with Crippen molar-refractivity contribution in [3.63, 3.8) is 0 Å². The summed E-state index contributed by atoms with van der Waals surface area (Å²) in [6.07, 6.45) is 1.21. The molecule has 0 saturated carbocycles. The summed E-state index contributed by atoms with van der Waals surface area (Å²) in [7, 11) is 0. The molecule has 2 heterocycles. The highest BCUT2D eigenvalue weighted by Gasteiger charge is 2.19. The molecule has 2 aliphatic rings. The number of benzene rings is 2. The molecule has 0 radical (unpaired) electrons. The number of piperazine rings is 1. The van der Waals surface area contributed by atoms with Crippen molar-refractivity contribution in [3.8, 4) is 0 Å². The number of para-hydroxylation sites is 1. The van der Waals surface area contributed by atoms with Crippen LogP contribution in [0.1, 0.15) is 24.5 Å². The average molecular weight is 398 g/mol. The first-order valence-electron chi connectivity index (χ1n) is 9.96. The zero-order valence-electron chi connectivity index (χ0n) is 16.0. The minimum absolute atomic E-state index is 0.0267. The van der Waals surface area contributed by atoms with Crippen molar-refractivity contribution in [1.82, 2.24) is 4.90 Å². The fourth-order valence-electron chi connectivity index (χ4n) is 3.85. The Hall–Kier alpha value is -2.02. The predicted molar refractivity (Wildman–Crippen MR) is 115 cm³/mol. The van der Waals surface area contributed by atoms with Gasteiger partial charge in [-0.15, -0.1) is 11.8 Å². The molecule has 28 heavy (non-hydrogen) atoms. The van der Waals surface area contributed by atoms with Gasteiger partial charge in [0.2, 0.25) is 5.91 Å². The van der Waals surface area contributed by atoms with E-state index in [1.807, 2.05) is 18.2 Å². The van der Waals surface area contributed by atoms with Crippen LogP contribution < -0.4 is 10.2 Å². The normalized spacial score (nSPS) is 18.5. The summed E-state index contributed by atoms with van der Waals surface area (Å²) in [6, 6.07) is 16.5. The van der Waals surface area contributed by atoms with Crippen LogP contribution in [0.4, 0.5) is 11.4 Å². The number of rotatable bonds is 6. The third-order valence-electron chi connectivity index (χ3n) is 5.47. The van der Waals surface area contributed by atoms with Crippen LogP contribution in [0.15, 0.2) is 53.4 Å². The largest absolute Gasteiger partial charge is 0.388 e. The van der Waals surface area contributed by atoms with Crippen LogP contribution in [0.3, 0.4) is 0 Å². The number of fused-ring (bicyclic) bond motifs is 1. The number of aliphatic hydroxyl groups excluding tert-OH is 1. The third-order valence-corrected chi connectivity index (χ3v) is 6.54. The lowest BCUT2D eigenvalue weighted by atomic mass is 10.0. The van der Waals surface area contributed by atoms with Gasteiger partial charge in [-0.25, -0.2) is 0 Å². The minimum atomic E-state index is -0.486. The number of carbonyl (C=O) groups is 1. The Morgan fingerprint density at radius 1 is 1.07 bits per heavy atom. The van der Waals surface area contributed by atoms with Crippen molar-refractivity contribution in [2.24, 2.45) is 0 Å². The molecule has 5 nitrogen and oxygen atoms in total. The average Bonchev–Trinajstić information content (AvgIpc) is 2.74. The molecule has 2 aromatic carbocycles. The Kier molecular flexibility index (Phi) is 6.20. The lowest BCUT2D eigenvalue weighted by Gasteiger charge is -2.36. The zero-order chi connectivity index (χ0) is 19.3. The van der Waals surface area contributed by atoms with Crippen LogP contribution in [0, 0.1) is 0 Å². The highest BCUT2D eigenvalue weighted by molar-refractivity contribution is 8.00. The summed E-state index contributed by atoms with van der Waals surface area (Å²) in [5.41, 5.74) is 3.01. The SMILES string of the molecule is O=C1CSc2ccc(C(O)CCCN3CCN(c4ccccc4)CC3)cc2N1. The number of amides is 1. The topological polar surface area (TPSA) is 55.8 Å². The molecule has 1 atom stereocenters. The second-order valence-corrected chi connectivity index (χ2v) is 8.43. The number of thioether (sulfide) groups is 1. The molecular weight excluding hydrogens is 370 g/mol. The quantitative estimate of drug-likeness (QED) is 0.783. The minimum Gasteiger partial charge on any atom is -0.388 e. The molecule has 1 unspecified atom stereocenters. The van der Waals surface area contributed by atoms with E-state index >= 15 is 0 Å². The van der Waals surface area contributed by atoms with Crippen molar-refractivity contribution in [3.05, 3.63) is 54.1 Å². The van der Waals surface area contributed by atoms with Gasteiger partial charge in [0.25, 0.3) is 0 Å². The van der Waals surface area contributed by atoms with E-state index in [0.717, 1.165) is 61.7 Å². The molecule has 1 saturated heterocycles. The highest BCUT2D eigenvalue weighted by Crippen LogP contribution is 2.34. The van der Waals surface area contributed by atoms with E-state index in [9.17, 15) is 9.90 Å². The molecule has 0 aromatic heterocycles. The van der Waals surface area contributed by atoms with Crippen molar-refractivity contribution in [2.75, 3.05) is 48.7 Å². The standard InChI is InChI=1S/C22H27N3O2S/c26-20(17-8-9-21-19(15-17)23-22(27)16-28-21)7-4-10-24-11-13-25(14-12-24)18-5-2-1-3-6-18/h1-3,5-6,8-9,15,20,26H,4,7,10-14,16H2,(H,23,27). The summed E-state index contributed by atoms with van der Waals surface area (Å²) in [5.74, 6) is 0.491. The van der Waals surface area contributed by atoms with Gasteiger partial charge in [0.1, 0.15) is 0 Å². The van der Waals surface area contributed by atoms with Gasteiger partial charge in [-0.3, -0.25) is 9.69 Å². The molecule has 2 N–H and O–H groups in total. The number of nitrogens with one attached hydrogen (secondary N) is 1. The van der Waals surface area contributed by atoms with Crippen molar-refractivity contribution < 1.29 is 9.90 Å². The monoisotopic (exact) mass is 397 g/mol. The summed E-state index contributed by atoms with van der Waals surface area (Å²) in [6.45, 7) is 5.24. The molecule has 0 bridgehead atoms. The van der Waals surface area contributed by atoms with E-state index in [-0.39, 0.29) is 5.91 Å². The maximum absolute atomic E-state index is 11.6. The number of nitrogens with zero attached hydrogens (tertiary/aromatic N) is 2. The summed E-state index contributed by atoms with van der Waals surface area (Å²) in [4.78, 5) is 17.6. The van der Waals surface area contributed by atoms with E-state index in [2.05, 4.69) is 45.4 Å². The molecule has 1 amide bonds. The first kappa shape index (κ1) is 19.3. The van der Waals surface area contributed by atoms with Crippen LogP contribution in [0.25, 0.3) is 0 Å². The first-order valence-corrected chi connectivity index (χ1v) is 10.9. The number of carbonyl (C=O) groups excluding carboxylic acids is 1. The van der Waals surface area contributed by atoms with Crippen molar-refractivity contribution in [2.45, 2.75) is 23.8 Å². The van der Waals surface area contributed by atoms with Gasteiger partial charge in [-0.05, 0) is 49.2 Å². The molecule has 6 heteroatoms. The van der Waals surface area contributed by atoms with Crippen LogP contribution in [-0.2, 0) is 4.79 Å². The van der Waals surface area contributed by atoms with Crippen molar-refractivity contribution in [1.29, 1.82) is 0 Å². The Morgan fingerprint density at radius 2 is 1.86 bits per heavy atom. The molecule has 2 aliphatic heterocycles. The first-order chi connectivity index (χ1) is 13.7. The van der Waals surface area contributed by atoms with E-state index in [0.29, 0.717) is 5.75 Å². The van der Waals surface area contributed by atoms with Gasteiger partial charge < -0.3 is 15.3 Å². The van der Waals surface area contributed by atoms with Gasteiger partial charge >= 0.3 is 0 Å². The fourth-order valence-corrected chi connectivity index (χ4v) is 4.64. The van der Waals surface area contributed by atoms with Gasteiger partial charge in [-0.2, -0.15) is 0 Å². The Bertz CT molecular complexity index is 807.